The molecule has 4 rings (SSSR count). The summed E-state index contributed by atoms with van der Waals surface area (Å²) < 4.78 is 6.70. The zero-order valence-corrected chi connectivity index (χ0v) is 18.0. The number of furan rings is 1. The minimum absolute atomic E-state index is 0.169. The summed E-state index contributed by atoms with van der Waals surface area (Å²) >= 11 is 9.54. The fourth-order valence-electron chi connectivity index (χ4n) is 3.10. The van der Waals surface area contributed by atoms with Crippen molar-refractivity contribution in [2.24, 2.45) is 0 Å². The Bertz CT molecular complexity index is 1170. The normalized spacial score (nSPS) is 11.8. The fourth-order valence-corrected chi connectivity index (χ4v) is 3.55. The highest BCUT2D eigenvalue weighted by Crippen LogP contribution is 2.31. The Morgan fingerprint density at radius 3 is 2.43 bits per heavy atom. The Kier molecular flexibility index (Phi) is 6.04. The Hall–Kier alpha value is -2.86. The molecule has 0 spiro atoms. The number of anilines is 1. The summed E-state index contributed by atoms with van der Waals surface area (Å²) in [6, 6.07) is 25.1. The van der Waals surface area contributed by atoms with Gasteiger partial charge >= 0.3 is 0 Å². The van der Waals surface area contributed by atoms with Crippen LogP contribution in [0.5, 0.6) is 0 Å². The summed E-state index contributed by atoms with van der Waals surface area (Å²) in [7, 11) is 0. The van der Waals surface area contributed by atoms with Crippen LogP contribution in [0, 0.1) is 0 Å². The lowest BCUT2D eigenvalue weighted by molar-refractivity contribution is 0.0997. The van der Waals surface area contributed by atoms with Gasteiger partial charge in [-0.3, -0.25) is 4.79 Å². The number of benzene rings is 3. The van der Waals surface area contributed by atoms with Crippen molar-refractivity contribution in [2.75, 3.05) is 5.32 Å². The summed E-state index contributed by atoms with van der Waals surface area (Å²) in [5.74, 6) is 0.346. The number of nitrogens with one attached hydrogen (secondary N) is 1. The molecule has 1 heterocycles. The number of halogens is 2. The first-order valence-corrected chi connectivity index (χ1v) is 10.4. The second kappa shape index (κ2) is 8.88. The van der Waals surface area contributed by atoms with Gasteiger partial charge in [-0.2, -0.15) is 0 Å². The molecule has 4 aromatic rings. The molecular weight excluding hydrogens is 466 g/mol. The zero-order chi connectivity index (χ0) is 21.1. The Morgan fingerprint density at radius 2 is 1.70 bits per heavy atom. The van der Waals surface area contributed by atoms with Gasteiger partial charge in [-0.05, 0) is 48.0 Å². The van der Waals surface area contributed by atoms with Gasteiger partial charge in [0.2, 0.25) is 0 Å². The average Bonchev–Trinajstić information content (AvgIpc) is 3.26. The topological polar surface area (TPSA) is 62.5 Å². The standard InChI is InChI=1S/C24H17BrClNO3/c25-17-8-6-15(7-9-17)21-12-13-22(30-21)24(29)27-20-11-10-18(26)14-19(20)23(28)16-4-2-1-3-5-16/h1-14,23,28H,(H,27,29). The van der Waals surface area contributed by atoms with Crippen LogP contribution >= 0.6 is 27.5 Å². The van der Waals surface area contributed by atoms with E-state index in [2.05, 4.69) is 21.2 Å². The molecular formula is C24H17BrClNO3. The minimum Gasteiger partial charge on any atom is -0.451 e. The molecule has 6 heteroatoms. The van der Waals surface area contributed by atoms with Crippen molar-refractivity contribution in [3.63, 3.8) is 0 Å². The van der Waals surface area contributed by atoms with Gasteiger partial charge in [0.15, 0.2) is 5.76 Å². The minimum atomic E-state index is -0.935. The molecule has 0 aliphatic carbocycles. The predicted octanol–water partition coefficient (Wildman–Crippen LogP) is 6.70. The van der Waals surface area contributed by atoms with E-state index in [0.29, 0.717) is 27.6 Å². The maximum Gasteiger partial charge on any atom is 0.291 e. The predicted molar refractivity (Wildman–Crippen MR) is 122 cm³/mol. The smallest absolute Gasteiger partial charge is 0.291 e. The highest BCUT2D eigenvalue weighted by atomic mass is 79.9. The van der Waals surface area contributed by atoms with E-state index in [-0.39, 0.29) is 5.76 Å². The van der Waals surface area contributed by atoms with E-state index in [9.17, 15) is 9.90 Å². The second-order valence-corrected chi connectivity index (χ2v) is 8.02. The number of carbonyl (C=O) groups is 1. The van der Waals surface area contributed by atoms with Gasteiger partial charge in [-0.1, -0.05) is 70.0 Å². The van der Waals surface area contributed by atoms with Crippen LogP contribution in [-0.2, 0) is 0 Å². The molecule has 30 heavy (non-hydrogen) atoms. The molecule has 1 amide bonds. The molecule has 0 saturated carbocycles. The SMILES string of the molecule is O=C(Nc1ccc(Cl)cc1C(O)c1ccccc1)c1ccc(-c2ccc(Br)cc2)o1. The van der Waals surface area contributed by atoms with Crippen molar-refractivity contribution >= 4 is 39.1 Å². The monoisotopic (exact) mass is 481 g/mol. The van der Waals surface area contributed by atoms with Gasteiger partial charge < -0.3 is 14.8 Å². The van der Waals surface area contributed by atoms with Crippen LogP contribution in [0.4, 0.5) is 5.69 Å². The highest BCUT2D eigenvalue weighted by Gasteiger charge is 2.19. The molecule has 4 nitrogen and oxygen atoms in total. The Balaban J connectivity index is 1.59. The van der Waals surface area contributed by atoms with E-state index in [1.54, 1.807) is 30.3 Å². The van der Waals surface area contributed by atoms with Crippen LogP contribution in [0.2, 0.25) is 5.02 Å². The van der Waals surface area contributed by atoms with Crippen molar-refractivity contribution in [1.82, 2.24) is 0 Å². The van der Waals surface area contributed by atoms with Crippen molar-refractivity contribution < 1.29 is 14.3 Å². The lowest BCUT2D eigenvalue weighted by atomic mass is 10.00. The number of hydrogen-bond donors (Lipinski definition) is 2. The first-order chi connectivity index (χ1) is 14.5. The van der Waals surface area contributed by atoms with Crippen LogP contribution in [0.25, 0.3) is 11.3 Å². The fraction of sp³-hybridized carbons (Fsp3) is 0.0417. The van der Waals surface area contributed by atoms with E-state index < -0.39 is 12.0 Å². The Labute approximate surface area is 187 Å². The van der Waals surface area contributed by atoms with Crippen LogP contribution in [-0.4, -0.2) is 11.0 Å². The molecule has 1 aromatic heterocycles. The maximum absolute atomic E-state index is 12.8. The lowest BCUT2D eigenvalue weighted by Crippen LogP contribution is -2.14. The van der Waals surface area contributed by atoms with Gasteiger partial charge in [0.1, 0.15) is 11.9 Å². The number of amides is 1. The summed E-state index contributed by atoms with van der Waals surface area (Å²) in [6.07, 6.45) is -0.935. The first kappa shape index (κ1) is 20.4. The third kappa shape index (κ3) is 4.49. The summed E-state index contributed by atoms with van der Waals surface area (Å²) in [6.45, 7) is 0. The van der Waals surface area contributed by atoms with Crippen LogP contribution in [0.3, 0.4) is 0 Å². The third-order valence-electron chi connectivity index (χ3n) is 4.63. The molecule has 0 aliphatic rings. The molecule has 1 atom stereocenters. The largest absolute Gasteiger partial charge is 0.451 e. The molecule has 150 valence electrons. The van der Waals surface area contributed by atoms with E-state index in [1.165, 1.54) is 0 Å². The van der Waals surface area contributed by atoms with Crippen molar-refractivity contribution in [2.45, 2.75) is 6.10 Å². The Morgan fingerprint density at radius 1 is 0.967 bits per heavy atom. The molecule has 0 radical (unpaired) electrons. The van der Waals surface area contributed by atoms with Crippen LogP contribution < -0.4 is 5.32 Å². The quantitative estimate of drug-likeness (QED) is 0.333. The van der Waals surface area contributed by atoms with Crippen molar-refractivity contribution in [3.8, 4) is 11.3 Å². The van der Waals surface area contributed by atoms with E-state index in [0.717, 1.165) is 10.0 Å². The highest BCUT2D eigenvalue weighted by molar-refractivity contribution is 9.10. The molecule has 0 fully saturated rings. The van der Waals surface area contributed by atoms with Gasteiger partial charge in [0.05, 0.1) is 0 Å². The zero-order valence-electron chi connectivity index (χ0n) is 15.7. The molecule has 0 saturated heterocycles. The summed E-state index contributed by atoms with van der Waals surface area (Å²) in [5.41, 5.74) is 2.53. The van der Waals surface area contributed by atoms with Gasteiger partial charge in [-0.15, -0.1) is 0 Å². The van der Waals surface area contributed by atoms with E-state index in [1.807, 2.05) is 54.6 Å². The molecule has 0 aliphatic heterocycles. The third-order valence-corrected chi connectivity index (χ3v) is 5.39. The second-order valence-electron chi connectivity index (χ2n) is 6.67. The molecule has 0 bridgehead atoms. The maximum atomic E-state index is 12.8. The van der Waals surface area contributed by atoms with Crippen molar-refractivity contribution in [1.29, 1.82) is 0 Å². The number of hydrogen-bond acceptors (Lipinski definition) is 3. The average molecular weight is 483 g/mol. The number of rotatable bonds is 5. The lowest BCUT2D eigenvalue weighted by Gasteiger charge is -2.17. The van der Waals surface area contributed by atoms with E-state index in [4.69, 9.17) is 16.0 Å². The molecule has 1 unspecified atom stereocenters. The van der Waals surface area contributed by atoms with Gasteiger partial charge in [0, 0.05) is 26.3 Å². The summed E-state index contributed by atoms with van der Waals surface area (Å²) in [5, 5.41) is 14.1. The molecule has 3 aromatic carbocycles. The number of aliphatic hydroxyl groups excluding tert-OH is 1. The van der Waals surface area contributed by atoms with Crippen molar-refractivity contribution in [3.05, 3.63) is 111 Å². The van der Waals surface area contributed by atoms with Crippen LogP contribution in [0.1, 0.15) is 27.8 Å². The first-order valence-electron chi connectivity index (χ1n) is 9.21. The van der Waals surface area contributed by atoms with E-state index >= 15 is 0 Å². The van der Waals surface area contributed by atoms with Crippen LogP contribution in [0.15, 0.2) is 93.8 Å². The summed E-state index contributed by atoms with van der Waals surface area (Å²) in [4.78, 5) is 12.8. The molecule has 2 N–H and O–H groups in total. The number of carbonyl (C=O) groups excluding carboxylic acids is 1. The van der Waals surface area contributed by atoms with Gasteiger partial charge in [0.25, 0.3) is 5.91 Å². The number of aliphatic hydroxyl groups is 1. The van der Waals surface area contributed by atoms with Gasteiger partial charge in [-0.25, -0.2) is 0 Å².